The number of hydrogen-bond acceptors (Lipinski definition) is 2. The van der Waals surface area contributed by atoms with Crippen LogP contribution in [0.4, 0.5) is 0 Å². The molecular formula is C9H18O3S. The molecule has 0 fully saturated rings. The van der Waals surface area contributed by atoms with Crippen LogP contribution in [0.3, 0.4) is 0 Å². The molecule has 0 rings (SSSR count). The molecule has 0 aromatic rings. The fourth-order valence-electron chi connectivity index (χ4n) is 1.11. The second-order valence-electron chi connectivity index (χ2n) is 3.03. The zero-order valence-electron chi connectivity index (χ0n) is 8.28. The molecule has 0 aliphatic heterocycles. The van der Waals surface area contributed by atoms with E-state index in [1.165, 1.54) is 0 Å². The van der Waals surface area contributed by atoms with Crippen LogP contribution in [0, 0.1) is 0 Å². The molecule has 0 aromatic carbocycles. The first kappa shape index (κ1) is 12.6. The standard InChI is InChI=1S/C9H18O3S/c1-3-5-6-7-13(12)8(4-2)9(10)11/h8H,3-7H2,1-2H3,(H,10,11). The molecule has 0 aromatic heterocycles. The Hall–Kier alpha value is -0.380. The van der Waals surface area contributed by atoms with Gasteiger partial charge in [0.25, 0.3) is 0 Å². The Morgan fingerprint density at radius 2 is 2.00 bits per heavy atom. The van der Waals surface area contributed by atoms with E-state index in [1.54, 1.807) is 6.92 Å². The summed E-state index contributed by atoms with van der Waals surface area (Å²) < 4.78 is 11.4. The van der Waals surface area contributed by atoms with Crippen LogP contribution in [-0.2, 0) is 15.6 Å². The predicted molar refractivity (Wildman–Crippen MR) is 54.2 cm³/mol. The third-order valence-corrected chi connectivity index (χ3v) is 3.77. The average molecular weight is 206 g/mol. The van der Waals surface area contributed by atoms with Crippen LogP contribution < -0.4 is 0 Å². The van der Waals surface area contributed by atoms with Gasteiger partial charge in [-0.1, -0.05) is 26.7 Å². The molecule has 0 spiro atoms. The minimum Gasteiger partial charge on any atom is -0.480 e. The largest absolute Gasteiger partial charge is 0.480 e. The van der Waals surface area contributed by atoms with Crippen LogP contribution in [-0.4, -0.2) is 26.3 Å². The maximum absolute atomic E-state index is 11.4. The summed E-state index contributed by atoms with van der Waals surface area (Å²) in [5, 5.41) is 8.04. The highest BCUT2D eigenvalue weighted by Gasteiger charge is 2.21. The normalized spacial score (nSPS) is 15.2. The molecule has 13 heavy (non-hydrogen) atoms. The van der Waals surface area contributed by atoms with Crippen molar-refractivity contribution >= 4 is 16.8 Å². The van der Waals surface area contributed by atoms with Crippen molar-refractivity contribution < 1.29 is 14.1 Å². The van der Waals surface area contributed by atoms with Crippen LogP contribution in [0.25, 0.3) is 0 Å². The van der Waals surface area contributed by atoms with E-state index >= 15 is 0 Å². The Morgan fingerprint density at radius 3 is 2.38 bits per heavy atom. The van der Waals surface area contributed by atoms with Crippen LogP contribution in [0.1, 0.15) is 39.5 Å². The smallest absolute Gasteiger partial charge is 0.319 e. The van der Waals surface area contributed by atoms with E-state index < -0.39 is 22.0 Å². The van der Waals surface area contributed by atoms with E-state index in [4.69, 9.17) is 5.11 Å². The first-order valence-electron chi connectivity index (χ1n) is 4.73. The number of carboxylic acid groups (broad SMARTS) is 1. The summed E-state index contributed by atoms with van der Waals surface area (Å²) in [7, 11) is -1.19. The van der Waals surface area contributed by atoms with Crippen LogP contribution in [0.15, 0.2) is 0 Å². The van der Waals surface area contributed by atoms with Crippen molar-refractivity contribution in [1.29, 1.82) is 0 Å². The fourth-order valence-corrected chi connectivity index (χ4v) is 2.48. The monoisotopic (exact) mass is 206 g/mol. The molecule has 0 aliphatic carbocycles. The maximum atomic E-state index is 11.4. The third-order valence-electron chi connectivity index (χ3n) is 1.91. The topological polar surface area (TPSA) is 54.4 Å². The summed E-state index contributed by atoms with van der Waals surface area (Å²) in [6, 6.07) is 0. The zero-order chi connectivity index (χ0) is 10.3. The summed E-state index contributed by atoms with van der Waals surface area (Å²) in [5.74, 6) is -0.407. The third kappa shape index (κ3) is 5.03. The summed E-state index contributed by atoms with van der Waals surface area (Å²) in [6.07, 6.45) is 3.42. The lowest BCUT2D eigenvalue weighted by Gasteiger charge is -2.08. The highest BCUT2D eigenvalue weighted by Crippen LogP contribution is 2.06. The van der Waals surface area contributed by atoms with E-state index in [1.807, 2.05) is 0 Å². The first-order valence-corrected chi connectivity index (χ1v) is 6.11. The lowest BCUT2D eigenvalue weighted by Crippen LogP contribution is -2.26. The van der Waals surface area contributed by atoms with Crippen molar-refractivity contribution in [2.75, 3.05) is 5.75 Å². The zero-order valence-corrected chi connectivity index (χ0v) is 9.10. The van der Waals surface area contributed by atoms with Gasteiger partial charge in [0.15, 0.2) is 0 Å². The Balaban J connectivity index is 3.85. The van der Waals surface area contributed by atoms with Crippen molar-refractivity contribution in [3.8, 4) is 0 Å². The van der Waals surface area contributed by atoms with Crippen molar-refractivity contribution in [3.63, 3.8) is 0 Å². The van der Waals surface area contributed by atoms with Gasteiger partial charge in [0.2, 0.25) is 0 Å². The molecule has 4 heteroatoms. The van der Waals surface area contributed by atoms with Crippen LogP contribution in [0.5, 0.6) is 0 Å². The highest BCUT2D eigenvalue weighted by molar-refractivity contribution is 7.86. The van der Waals surface area contributed by atoms with Gasteiger partial charge < -0.3 is 5.11 Å². The molecule has 2 atom stereocenters. The molecule has 0 amide bonds. The van der Waals surface area contributed by atoms with Crippen LogP contribution in [0.2, 0.25) is 0 Å². The molecular weight excluding hydrogens is 188 g/mol. The Kier molecular flexibility index (Phi) is 6.86. The fraction of sp³-hybridized carbons (Fsp3) is 0.889. The average Bonchev–Trinajstić information content (AvgIpc) is 2.05. The van der Waals surface area contributed by atoms with Gasteiger partial charge in [-0.15, -0.1) is 0 Å². The van der Waals surface area contributed by atoms with E-state index in [0.717, 1.165) is 19.3 Å². The molecule has 0 heterocycles. The molecule has 3 nitrogen and oxygen atoms in total. The minimum atomic E-state index is -1.19. The summed E-state index contributed by atoms with van der Waals surface area (Å²) in [6.45, 7) is 3.83. The lowest BCUT2D eigenvalue weighted by molar-refractivity contribution is -0.136. The quantitative estimate of drug-likeness (QED) is 0.646. The molecule has 78 valence electrons. The van der Waals surface area contributed by atoms with Gasteiger partial charge in [0, 0.05) is 16.6 Å². The number of unbranched alkanes of at least 4 members (excludes halogenated alkanes) is 2. The van der Waals surface area contributed by atoms with Crippen molar-refractivity contribution in [3.05, 3.63) is 0 Å². The number of aliphatic carboxylic acids is 1. The van der Waals surface area contributed by atoms with Gasteiger partial charge in [-0.05, 0) is 12.8 Å². The van der Waals surface area contributed by atoms with E-state index in [-0.39, 0.29) is 0 Å². The van der Waals surface area contributed by atoms with Gasteiger partial charge in [-0.3, -0.25) is 9.00 Å². The van der Waals surface area contributed by atoms with Crippen molar-refractivity contribution in [2.24, 2.45) is 0 Å². The molecule has 0 radical (unpaired) electrons. The molecule has 0 saturated heterocycles. The van der Waals surface area contributed by atoms with Gasteiger partial charge in [0.05, 0.1) is 0 Å². The highest BCUT2D eigenvalue weighted by atomic mass is 32.2. The van der Waals surface area contributed by atoms with Gasteiger partial charge >= 0.3 is 5.97 Å². The lowest BCUT2D eigenvalue weighted by atomic mass is 10.3. The van der Waals surface area contributed by atoms with Gasteiger partial charge in [-0.2, -0.15) is 0 Å². The molecule has 0 aliphatic rings. The predicted octanol–water partition coefficient (Wildman–Crippen LogP) is 1.79. The Labute approximate surface area is 82.0 Å². The number of hydrogen-bond donors (Lipinski definition) is 1. The van der Waals surface area contributed by atoms with E-state index in [2.05, 4.69) is 6.92 Å². The van der Waals surface area contributed by atoms with Crippen LogP contribution >= 0.6 is 0 Å². The van der Waals surface area contributed by atoms with Crippen molar-refractivity contribution in [2.45, 2.75) is 44.8 Å². The Bertz CT molecular complexity index is 180. The van der Waals surface area contributed by atoms with E-state index in [0.29, 0.717) is 12.2 Å². The first-order chi connectivity index (χ1) is 6.13. The maximum Gasteiger partial charge on any atom is 0.319 e. The van der Waals surface area contributed by atoms with Gasteiger partial charge in [-0.25, -0.2) is 0 Å². The second kappa shape index (κ2) is 7.06. The Morgan fingerprint density at radius 1 is 1.38 bits per heavy atom. The second-order valence-corrected chi connectivity index (χ2v) is 4.77. The molecule has 1 N–H and O–H groups in total. The van der Waals surface area contributed by atoms with Gasteiger partial charge in [0.1, 0.15) is 5.25 Å². The SMILES string of the molecule is CCCCCS(=O)C(CC)C(=O)O. The molecule has 0 bridgehead atoms. The summed E-state index contributed by atoms with van der Waals surface area (Å²) >= 11 is 0. The molecule has 2 unspecified atom stereocenters. The minimum absolute atomic E-state index is 0.452. The summed E-state index contributed by atoms with van der Waals surface area (Å²) in [4.78, 5) is 10.6. The number of carboxylic acids is 1. The summed E-state index contributed by atoms with van der Waals surface area (Å²) in [5.41, 5.74) is 0. The van der Waals surface area contributed by atoms with Crippen molar-refractivity contribution in [1.82, 2.24) is 0 Å². The number of carbonyl (C=O) groups is 1. The number of rotatable bonds is 7. The van der Waals surface area contributed by atoms with E-state index in [9.17, 15) is 9.00 Å². The molecule has 0 saturated carbocycles.